The van der Waals surface area contributed by atoms with Crippen molar-refractivity contribution in [3.8, 4) is 5.75 Å². The summed E-state index contributed by atoms with van der Waals surface area (Å²) in [5.74, 6) is 1.02. The van der Waals surface area contributed by atoms with E-state index < -0.39 is 17.4 Å². The highest BCUT2D eigenvalue weighted by atomic mass is 35.5. The van der Waals surface area contributed by atoms with E-state index in [1.807, 2.05) is 27.7 Å². The van der Waals surface area contributed by atoms with E-state index in [4.69, 9.17) is 11.6 Å². The zero-order valence-corrected chi connectivity index (χ0v) is 17.0. The molecule has 1 atom stereocenters. The number of nitrogens with one attached hydrogen (secondary N) is 2. The van der Waals surface area contributed by atoms with Crippen LogP contribution in [0.2, 0.25) is 5.02 Å². The summed E-state index contributed by atoms with van der Waals surface area (Å²) in [7, 11) is -0.977. The Balaban J connectivity index is 2.77. The molecular weight excluding hydrogens is 384 g/mol. The zero-order valence-electron chi connectivity index (χ0n) is 15.4. The van der Waals surface area contributed by atoms with Crippen molar-refractivity contribution in [1.82, 2.24) is 10.6 Å². The summed E-state index contributed by atoms with van der Waals surface area (Å²) in [6, 6.07) is 4.42. The highest BCUT2D eigenvalue weighted by molar-refractivity contribution is 7.86. The Morgan fingerprint density at radius 3 is 2.62 bits per heavy atom. The number of guanidine groups is 1. The van der Waals surface area contributed by atoms with E-state index >= 15 is 0 Å². The first-order chi connectivity index (χ1) is 12.1. The average molecular weight is 410 g/mol. The van der Waals surface area contributed by atoms with E-state index in [-0.39, 0.29) is 17.0 Å². The maximum Gasteiger partial charge on any atom is 0.387 e. The van der Waals surface area contributed by atoms with Gasteiger partial charge in [-0.1, -0.05) is 11.6 Å². The molecule has 1 rings (SSSR count). The van der Waals surface area contributed by atoms with Gasteiger partial charge in [-0.15, -0.1) is 0 Å². The Morgan fingerprint density at radius 1 is 1.35 bits per heavy atom. The summed E-state index contributed by atoms with van der Waals surface area (Å²) < 4.78 is 41.3. The van der Waals surface area contributed by atoms with Gasteiger partial charge in [0.05, 0.1) is 6.54 Å². The van der Waals surface area contributed by atoms with E-state index in [0.717, 1.165) is 0 Å². The minimum atomic E-state index is -2.92. The van der Waals surface area contributed by atoms with Crippen LogP contribution >= 0.6 is 11.6 Å². The highest BCUT2D eigenvalue weighted by Gasteiger charge is 2.18. The van der Waals surface area contributed by atoms with Gasteiger partial charge >= 0.3 is 6.61 Å². The van der Waals surface area contributed by atoms with E-state index in [1.54, 1.807) is 6.07 Å². The van der Waals surface area contributed by atoms with Crippen molar-refractivity contribution >= 4 is 28.4 Å². The second kappa shape index (κ2) is 10.7. The lowest BCUT2D eigenvalue weighted by Gasteiger charge is -2.18. The molecule has 5 nitrogen and oxygen atoms in total. The molecule has 1 aromatic carbocycles. The number of hydrogen-bond acceptors (Lipinski definition) is 3. The minimum Gasteiger partial charge on any atom is -0.434 e. The number of halogens is 3. The van der Waals surface area contributed by atoms with Crippen LogP contribution in [0.25, 0.3) is 0 Å². The van der Waals surface area contributed by atoms with E-state index in [2.05, 4.69) is 20.4 Å². The number of alkyl halides is 2. The molecule has 26 heavy (non-hydrogen) atoms. The second-order valence-electron chi connectivity index (χ2n) is 6.41. The number of hydrogen-bond donors (Lipinski definition) is 2. The first-order valence-electron chi connectivity index (χ1n) is 8.27. The van der Waals surface area contributed by atoms with Crippen molar-refractivity contribution in [1.29, 1.82) is 0 Å². The van der Waals surface area contributed by atoms with Crippen molar-refractivity contribution in [2.75, 3.05) is 18.8 Å². The normalized spacial score (nSPS) is 13.6. The predicted molar refractivity (Wildman–Crippen MR) is 104 cm³/mol. The van der Waals surface area contributed by atoms with E-state index in [1.165, 1.54) is 12.1 Å². The van der Waals surface area contributed by atoms with Gasteiger partial charge in [0.25, 0.3) is 0 Å². The molecule has 1 aromatic rings. The van der Waals surface area contributed by atoms with Gasteiger partial charge in [-0.2, -0.15) is 8.78 Å². The SMILES string of the molecule is CCNC(=NCc1cc(Cl)ccc1OC(F)F)NCCS(=O)C(C)(C)C. The summed E-state index contributed by atoms with van der Waals surface area (Å²) in [6.45, 7) is 5.98. The van der Waals surface area contributed by atoms with Crippen LogP contribution in [0.5, 0.6) is 5.75 Å². The molecule has 9 heteroatoms. The van der Waals surface area contributed by atoms with Gasteiger partial charge < -0.3 is 15.4 Å². The molecule has 148 valence electrons. The number of benzene rings is 1. The van der Waals surface area contributed by atoms with Crippen molar-refractivity contribution in [3.63, 3.8) is 0 Å². The van der Waals surface area contributed by atoms with Crippen molar-refractivity contribution in [3.05, 3.63) is 28.8 Å². The molecule has 0 aliphatic carbocycles. The quantitative estimate of drug-likeness (QED) is 0.509. The fourth-order valence-corrected chi connectivity index (χ4v) is 3.05. The van der Waals surface area contributed by atoms with Gasteiger partial charge in [0.1, 0.15) is 5.75 Å². The Kier molecular flexibility index (Phi) is 9.29. The van der Waals surface area contributed by atoms with Crippen LogP contribution in [0.4, 0.5) is 8.78 Å². The molecule has 0 heterocycles. The Hall–Kier alpha value is -1.41. The van der Waals surface area contributed by atoms with Crippen LogP contribution in [0.3, 0.4) is 0 Å². The van der Waals surface area contributed by atoms with E-state index in [9.17, 15) is 13.0 Å². The number of rotatable bonds is 8. The molecule has 0 fully saturated rings. The highest BCUT2D eigenvalue weighted by Crippen LogP contribution is 2.25. The monoisotopic (exact) mass is 409 g/mol. The molecular formula is C17H26ClF2N3O2S. The number of aliphatic imine (C=N–C) groups is 1. The zero-order chi connectivity index (χ0) is 19.7. The van der Waals surface area contributed by atoms with Gasteiger partial charge in [0.2, 0.25) is 0 Å². The topological polar surface area (TPSA) is 62.7 Å². The van der Waals surface area contributed by atoms with Crippen molar-refractivity contribution in [2.24, 2.45) is 4.99 Å². The third-order valence-corrected chi connectivity index (χ3v) is 5.43. The summed E-state index contributed by atoms with van der Waals surface area (Å²) in [6.07, 6.45) is 0. The van der Waals surface area contributed by atoms with Gasteiger partial charge in [-0.05, 0) is 45.9 Å². The fraction of sp³-hybridized carbons (Fsp3) is 0.588. The molecule has 0 aliphatic heterocycles. The van der Waals surface area contributed by atoms with E-state index in [0.29, 0.717) is 35.4 Å². The molecule has 0 amide bonds. The van der Waals surface area contributed by atoms with Crippen molar-refractivity contribution in [2.45, 2.75) is 45.6 Å². The molecule has 0 bridgehead atoms. The largest absolute Gasteiger partial charge is 0.434 e. The summed E-state index contributed by atoms with van der Waals surface area (Å²) in [5, 5.41) is 6.56. The molecule has 1 unspecified atom stereocenters. The molecule has 0 saturated carbocycles. The number of ether oxygens (including phenoxy) is 1. The third kappa shape index (κ3) is 8.31. The predicted octanol–water partition coefficient (Wildman–Crippen LogP) is 3.54. The lowest BCUT2D eigenvalue weighted by Crippen LogP contribution is -2.40. The Morgan fingerprint density at radius 2 is 2.04 bits per heavy atom. The van der Waals surface area contributed by atoms with Crippen LogP contribution in [-0.2, 0) is 17.3 Å². The van der Waals surface area contributed by atoms with Gasteiger partial charge in [0, 0.05) is 45.0 Å². The van der Waals surface area contributed by atoms with Crippen LogP contribution in [0.15, 0.2) is 23.2 Å². The third-order valence-electron chi connectivity index (χ3n) is 3.25. The summed E-state index contributed by atoms with van der Waals surface area (Å²) in [4.78, 5) is 4.36. The van der Waals surface area contributed by atoms with Crippen molar-refractivity contribution < 1.29 is 17.7 Å². The average Bonchev–Trinajstić information content (AvgIpc) is 2.53. The second-order valence-corrected chi connectivity index (χ2v) is 9.17. The van der Waals surface area contributed by atoms with Crippen LogP contribution in [0, 0.1) is 0 Å². The molecule has 0 saturated heterocycles. The standard InChI is InChI=1S/C17H26ClF2N3O2S/c1-5-21-16(22-8-9-26(24)17(2,3)4)23-11-12-10-13(18)6-7-14(12)25-15(19)20/h6-7,10,15H,5,8-9,11H2,1-4H3,(H2,21,22,23). The molecule has 0 aromatic heterocycles. The lowest BCUT2D eigenvalue weighted by molar-refractivity contribution is -0.0504. The maximum atomic E-state index is 12.5. The number of nitrogens with zero attached hydrogens (tertiary/aromatic N) is 1. The van der Waals surface area contributed by atoms with Crippen LogP contribution < -0.4 is 15.4 Å². The smallest absolute Gasteiger partial charge is 0.387 e. The Labute approximate surface area is 161 Å². The van der Waals surface area contributed by atoms with Crippen LogP contribution in [0.1, 0.15) is 33.3 Å². The first-order valence-corrected chi connectivity index (χ1v) is 9.97. The molecule has 0 radical (unpaired) electrons. The maximum absolute atomic E-state index is 12.5. The van der Waals surface area contributed by atoms with Crippen LogP contribution in [-0.4, -0.2) is 40.4 Å². The molecule has 0 spiro atoms. The summed E-state index contributed by atoms with van der Waals surface area (Å²) >= 11 is 5.93. The molecule has 2 N–H and O–H groups in total. The van der Waals surface area contributed by atoms with Gasteiger partial charge in [-0.25, -0.2) is 4.99 Å². The summed E-state index contributed by atoms with van der Waals surface area (Å²) in [5.41, 5.74) is 0.452. The van der Waals surface area contributed by atoms with Gasteiger partial charge in [0.15, 0.2) is 5.96 Å². The Bertz CT molecular complexity index is 637. The minimum absolute atomic E-state index is 0.0397. The fourth-order valence-electron chi connectivity index (χ4n) is 1.96. The van der Waals surface area contributed by atoms with Gasteiger partial charge in [-0.3, -0.25) is 4.21 Å². The first kappa shape index (κ1) is 22.6. The molecule has 0 aliphatic rings. The lowest BCUT2D eigenvalue weighted by atomic mass is 10.2.